The Morgan fingerprint density at radius 2 is 1.56 bits per heavy atom. The van der Waals surface area contributed by atoms with Crippen LogP contribution in [0.4, 0.5) is 0 Å². The highest BCUT2D eigenvalue weighted by Gasteiger charge is 2.56. The molecule has 0 amide bonds. The second-order valence-corrected chi connectivity index (χ2v) is 11.7. The Kier molecular flexibility index (Phi) is 10.9. The topological polar surface area (TPSA) is 159 Å². The van der Waals surface area contributed by atoms with Gasteiger partial charge in [-0.15, -0.1) is 4.89 Å². The molecule has 0 saturated carbocycles. The number of rotatable bonds is 12. The summed E-state index contributed by atoms with van der Waals surface area (Å²) in [5, 5.41) is 11.7. The van der Waals surface area contributed by atoms with E-state index in [9.17, 15) is 24.2 Å². The molecule has 1 aliphatic rings. The Balaban J connectivity index is 1.59. The Bertz CT molecular complexity index is 1850. The van der Waals surface area contributed by atoms with Crippen molar-refractivity contribution >= 4 is 8.25 Å². The number of aromatic nitrogens is 2. The minimum Gasteiger partial charge on any atom is -0.497 e. The molecule has 2 heterocycles. The lowest BCUT2D eigenvalue weighted by Crippen LogP contribution is -2.45. The van der Waals surface area contributed by atoms with Gasteiger partial charge in [0.1, 0.15) is 35.0 Å². The highest BCUT2D eigenvalue weighted by atomic mass is 31.1. The standard InChI is InChI=1S/C35H35N2O10P/c1-4-5-7-10-24-22-37(33(39)36-32(24)38)31-21-34(40,47-48(41)42)30(46-31)23-45-35(25-11-8-6-9-12-25,26-13-17-28(43-2)18-14-26)27-15-19-29(44-3)20-16-27/h6,8-9,11-20,22,30-31,40H,4-5,21,23H2,1-3H3,(H-,36,38,39,41,42)/p+1/t30-,31-,34+/m1/s1. The molecular formula is C35H36N2O10P+. The molecule has 1 fully saturated rings. The quantitative estimate of drug-likeness (QED) is 0.0853. The number of unbranched alkanes of at least 4 members (excludes halogenated alkanes) is 1. The highest BCUT2D eigenvalue weighted by Crippen LogP contribution is 2.46. The third kappa shape index (κ3) is 7.27. The number of nitrogens with one attached hydrogen (secondary N) is 1. The van der Waals surface area contributed by atoms with Gasteiger partial charge in [0.15, 0.2) is 0 Å². The Hall–Kier alpha value is -4.60. The zero-order valence-electron chi connectivity index (χ0n) is 26.6. The molecule has 12 nitrogen and oxygen atoms in total. The SMILES string of the molecule is CCCC#Cc1cn([C@H]2C[C@](O)(O[P+](=O)O)[C@@H](COC(c3ccccc3)(c3ccc(OC)cc3)c3ccc(OC)cc3)O2)c(=O)[nH]c1=O. The molecular weight excluding hydrogens is 639 g/mol. The van der Waals surface area contributed by atoms with Crippen LogP contribution in [0.2, 0.25) is 0 Å². The van der Waals surface area contributed by atoms with Crippen molar-refractivity contribution in [2.24, 2.45) is 0 Å². The summed E-state index contributed by atoms with van der Waals surface area (Å²) in [6, 6.07) is 23.9. The van der Waals surface area contributed by atoms with Gasteiger partial charge in [0.05, 0.1) is 27.2 Å². The average molecular weight is 676 g/mol. The minimum absolute atomic E-state index is 0.0196. The molecule has 1 unspecified atom stereocenters. The van der Waals surface area contributed by atoms with Gasteiger partial charge in [-0.1, -0.05) is 77.9 Å². The van der Waals surface area contributed by atoms with Gasteiger partial charge in [-0.3, -0.25) is 14.3 Å². The average Bonchev–Trinajstić information content (AvgIpc) is 3.41. The van der Waals surface area contributed by atoms with Gasteiger partial charge in [-0.2, -0.15) is 0 Å². The van der Waals surface area contributed by atoms with E-state index in [1.54, 1.807) is 38.5 Å². The van der Waals surface area contributed by atoms with Crippen LogP contribution < -0.4 is 20.7 Å². The van der Waals surface area contributed by atoms with Crippen molar-refractivity contribution in [1.29, 1.82) is 0 Å². The Labute approximate surface area is 277 Å². The number of hydrogen-bond acceptors (Lipinski definition) is 9. The van der Waals surface area contributed by atoms with E-state index in [2.05, 4.69) is 16.8 Å². The third-order valence-electron chi connectivity index (χ3n) is 8.03. The number of nitrogens with zero attached hydrogens (tertiary/aromatic N) is 1. The lowest BCUT2D eigenvalue weighted by molar-refractivity contribution is -0.198. The molecule has 13 heteroatoms. The van der Waals surface area contributed by atoms with E-state index in [1.807, 2.05) is 61.5 Å². The molecule has 3 aromatic carbocycles. The number of hydrogen-bond donors (Lipinski definition) is 3. The van der Waals surface area contributed by atoms with Crippen molar-refractivity contribution in [3.63, 3.8) is 0 Å². The normalized spacial score (nSPS) is 19.3. The Morgan fingerprint density at radius 1 is 0.979 bits per heavy atom. The number of methoxy groups -OCH3 is 2. The van der Waals surface area contributed by atoms with Crippen LogP contribution >= 0.6 is 8.25 Å². The van der Waals surface area contributed by atoms with Crippen molar-refractivity contribution in [1.82, 2.24) is 9.55 Å². The molecule has 0 spiro atoms. The van der Waals surface area contributed by atoms with Gasteiger partial charge in [0.25, 0.3) is 11.3 Å². The van der Waals surface area contributed by atoms with E-state index in [0.29, 0.717) is 29.0 Å². The summed E-state index contributed by atoms with van der Waals surface area (Å²) in [7, 11) is -0.188. The lowest BCUT2D eigenvalue weighted by atomic mass is 9.80. The molecule has 1 aromatic heterocycles. The van der Waals surface area contributed by atoms with Crippen molar-refractivity contribution in [3.8, 4) is 23.3 Å². The van der Waals surface area contributed by atoms with Crippen molar-refractivity contribution in [2.75, 3.05) is 20.8 Å². The molecule has 1 saturated heterocycles. The molecule has 4 aromatic rings. The van der Waals surface area contributed by atoms with Crippen LogP contribution in [0, 0.1) is 11.8 Å². The molecule has 0 bridgehead atoms. The molecule has 0 aliphatic carbocycles. The number of H-pyrrole nitrogens is 1. The lowest BCUT2D eigenvalue weighted by Gasteiger charge is -2.37. The van der Waals surface area contributed by atoms with Crippen LogP contribution in [-0.4, -0.2) is 52.3 Å². The summed E-state index contributed by atoms with van der Waals surface area (Å²) in [5.74, 6) is 4.49. The van der Waals surface area contributed by atoms with E-state index in [0.717, 1.165) is 16.6 Å². The molecule has 0 radical (unpaired) electrons. The first-order valence-corrected chi connectivity index (χ1v) is 16.3. The van der Waals surface area contributed by atoms with E-state index in [-0.39, 0.29) is 12.2 Å². The van der Waals surface area contributed by atoms with Crippen LogP contribution in [0.5, 0.6) is 11.5 Å². The molecule has 4 atom stereocenters. The molecule has 1 aliphatic heterocycles. The maximum Gasteiger partial charge on any atom is 0.697 e. The fourth-order valence-electron chi connectivity index (χ4n) is 5.64. The smallest absolute Gasteiger partial charge is 0.497 e. The van der Waals surface area contributed by atoms with Crippen LogP contribution in [0.15, 0.2) is 94.6 Å². The van der Waals surface area contributed by atoms with Gasteiger partial charge < -0.3 is 24.1 Å². The first-order chi connectivity index (χ1) is 23.1. The summed E-state index contributed by atoms with van der Waals surface area (Å²) in [6.07, 6.45) is -0.496. The number of benzene rings is 3. The van der Waals surface area contributed by atoms with Crippen LogP contribution in [0.25, 0.3) is 0 Å². The third-order valence-corrected chi connectivity index (χ3v) is 8.50. The van der Waals surface area contributed by atoms with Crippen molar-refractivity contribution in [2.45, 2.75) is 49.9 Å². The molecule has 3 N–H and O–H groups in total. The second kappa shape index (κ2) is 15.1. The number of ether oxygens (including phenoxy) is 4. The summed E-state index contributed by atoms with van der Waals surface area (Å²) in [5.41, 5.74) is -0.683. The largest absolute Gasteiger partial charge is 0.697 e. The van der Waals surface area contributed by atoms with Gasteiger partial charge in [-0.25, -0.2) is 4.79 Å². The minimum atomic E-state index is -3.32. The van der Waals surface area contributed by atoms with Gasteiger partial charge in [0, 0.05) is 17.2 Å². The van der Waals surface area contributed by atoms with Crippen molar-refractivity contribution < 1.29 is 38.0 Å². The van der Waals surface area contributed by atoms with Crippen LogP contribution in [-0.2, 0) is 24.2 Å². The van der Waals surface area contributed by atoms with E-state index >= 15 is 0 Å². The monoisotopic (exact) mass is 675 g/mol. The first-order valence-electron chi connectivity index (χ1n) is 15.2. The summed E-state index contributed by atoms with van der Waals surface area (Å²) < 4.78 is 41.9. The molecule has 48 heavy (non-hydrogen) atoms. The number of aromatic amines is 1. The summed E-state index contributed by atoms with van der Waals surface area (Å²) >= 11 is 0. The van der Waals surface area contributed by atoms with E-state index in [1.165, 1.54) is 6.20 Å². The maximum absolute atomic E-state index is 12.9. The van der Waals surface area contributed by atoms with Gasteiger partial charge in [-0.05, 0) is 47.4 Å². The second-order valence-electron chi connectivity index (χ2n) is 11.0. The predicted octanol–water partition coefficient (Wildman–Crippen LogP) is 4.36. The van der Waals surface area contributed by atoms with Gasteiger partial charge in [0.2, 0.25) is 0 Å². The molecule has 250 valence electrons. The zero-order valence-corrected chi connectivity index (χ0v) is 27.5. The Morgan fingerprint density at radius 3 is 2.10 bits per heavy atom. The zero-order chi connectivity index (χ0) is 34.3. The summed E-state index contributed by atoms with van der Waals surface area (Å²) in [4.78, 5) is 37.3. The maximum atomic E-state index is 12.9. The number of aliphatic hydroxyl groups is 1. The van der Waals surface area contributed by atoms with Crippen LogP contribution in [0.3, 0.4) is 0 Å². The molecule has 5 rings (SSSR count). The summed E-state index contributed by atoms with van der Waals surface area (Å²) in [6.45, 7) is 1.56. The van der Waals surface area contributed by atoms with Crippen LogP contribution in [0.1, 0.15) is 54.7 Å². The predicted molar refractivity (Wildman–Crippen MR) is 176 cm³/mol. The fourth-order valence-corrected chi connectivity index (χ4v) is 6.10. The van der Waals surface area contributed by atoms with Gasteiger partial charge >= 0.3 is 13.9 Å². The fraction of sp³-hybridized carbons (Fsp3) is 0.314. The van der Waals surface area contributed by atoms with E-state index in [4.69, 9.17) is 23.5 Å². The highest BCUT2D eigenvalue weighted by molar-refractivity contribution is 7.32. The van der Waals surface area contributed by atoms with Crippen molar-refractivity contribution in [3.05, 3.63) is 128 Å². The van der Waals surface area contributed by atoms with E-state index < -0.39 is 49.6 Å². The first kappa shape index (κ1) is 34.7.